The lowest BCUT2D eigenvalue weighted by Crippen LogP contribution is -2.07. The standard InChI is InChI=1S/C15H19F3N2S/c1-9(2)4-5-10(3)20-13-7-6-11(15(16,17)18)8-12(13)19-14(20)21/h6-10H,4-5H2,1-3H3,(H,19,21). The maximum Gasteiger partial charge on any atom is 0.416 e. The summed E-state index contributed by atoms with van der Waals surface area (Å²) in [7, 11) is 0. The number of fused-ring (bicyclic) bond motifs is 1. The molecule has 116 valence electrons. The van der Waals surface area contributed by atoms with Gasteiger partial charge < -0.3 is 9.55 Å². The van der Waals surface area contributed by atoms with Gasteiger partial charge in [0.1, 0.15) is 0 Å². The van der Waals surface area contributed by atoms with Crippen molar-refractivity contribution >= 4 is 23.3 Å². The van der Waals surface area contributed by atoms with Gasteiger partial charge in [0.25, 0.3) is 0 Å². The number of H-pyrrole nitrogens is 1. The SMILES string of the molecule is CC(C)CCC(C)n1c(=S)[nH]c2cc(C(F)(F)F)ccc21. The fourth-order valence-corrected chi connectivity index (χ4v) is 2.84. The first-order valence-corrected chi connectivity index (χ1v) is 7.42. The van der Waals surface area contributed by atoms with Crippen LogP contribution >= 0.6 is 12.2 Å². The van der Waals surface area contributed by atoms with Crippen molar-refractivity contribution in [1.29, 1.82) is 0 Å². The van der Waals surface area contributed by atoms with Crippen molar-refractivity contribution in [2.75, 3.05) is 0 Å². The molecular weight excluding hydrogens is 297 g/mol. The number of nitrogens with one attached hydrogen (secondary N) is 1. The Morgan fingerprint density at radius 3 is 2.43 bits per heavy atom. The van der Waals surface area contributed by atoms with Gasteiger partial charge in [-0.15, -0.1) is 0 Å². The minimum absolute atomic E-state index is 0.158. The summed E-state index contributed by atoms with van der Waals surface area (Å²) in [5.74, 6) is 0.587. The van der Waals surface area contributed by atoms with Gasteiger partial charge >= 0.3 is 6.18 Å². The highest BCUT2D eigenvalue weighted by Crippen LogP contribution is 2.32. The molecule has 2 rings (SSSR count). The third-order valence-electron chi connectivity index (χ3n) is 3.65. The number of aromatic nitrogens is 2. The Kier molecular flexibility index (Phi) is 4.46. The summed E-state index contributed by atoms with van der Waals surface area (Å²) in [5, 5.41) is 0. The maximum absolute atomic E-state index is 12.7. The fraction of sp³-hybridized carbons (Fsp3) is 0.533. The van der Waals surface area contributed by atoms with E-state index in [1.807, 2.05) is 11.5 Å². The zero-order valence-electron chi connectivity index (χ0n) is 12.3. The van der Waals surface area contributed by atoms with Crippen LogP contribution < -0.4 is 0 Å². The van der Waals surface area contributed by atoms with E-state index in [-0.39, 0.29) is 6.04 Å². The van der Waals surface area contributed by atoms with Gasteiger partial charge in [-0.3, -0.25) is 0 Å². The Morgan fingerprint density at radius 2 is 1.86 bits per heavy atom. The molecule has 0 saturated carbocycles. The number of alkyl halides is 3. The van der Waals surface area contributed by atoms with Crippen molar-refractivity contribution in [2.45, 2.75) is 45.8 Å². The number of nitrogens with zero attached hydrogens (tertiary/aromatic N) is 1. The van der Waals surface area contributed by atoms with Gasteiger partial charge in [-0.1, -0.05) is 13.8 Å². The minimum Gasteiger partial charge on any atom is -0.331 e. The van der Waals surface area contributed by atoms with Gasteiger partial charge in [-0.05, 0) is 56.1 Å². The van der Waals surface area contributed by atoms with E-state index in [4.69, 9.17) is 12.2 Å². The maximum atomic E-state index is 12.7. The predicted octanol–water partition coefficient (Wildman–Crippen LogP) is 5.71. The van der Waals surface area contributed by atoms with Gasteiger partial charge in [0, 0.05) is 6.04 Å². The number of hydrogen-bond acceptors (Lipinski definition) is 1. The molecule has 2 nitrogen and oxygen atoms in total. The monoisotopic (exact) mass is 316 g/mol. The molecule has 0 aliphatic rings. The van der Waals surface area contributed by atoms with E-state index in [1.54, 1.807) is 0 Å². The molecule has 2 aromatic rings. The highest BCUT2D eigenvalue weighted by molar-refractivity contribution is 7.71. The van der Waals surface area contributed by atoms with Crippen LogP contribution in [-0.4, -0.2) is 9.55 Å². The van der Waals surface area contributed by atoms with Crippen molar-refractivity contribution in [3.8, 4) is 0 Å². The zero-order chi connectivity index (χ0) is 15.8. The number of rotatable bonds is 4. The Morgan fingerprint density at radius 1 is 1.19 bits per heavy atom. The van der Waals surface area contributed by atoms with E-state index in [2.05, 4.69) is 18.8 Å². The van der Waals surface area contributed by atoms with Crippen LogP contribution in [0.3, 0.4) is 0 Å². The van der Waals surface area contributed by atoms with Crippen LogP contribution in [0.5, 0.6) is 0 Å². The quantitative estimate of drug-likeness (QED) is 0.716. The van der Waals surface area contributed by atoms with Gasteiger partial charge in [0.05, 0.1) is 16.6 Å². The van der Waals surface area contributed by atoms with Crippen LogP contribution in [0.15, 0.2) is 18.2 Å². The first-order chi connectivity index (χ1) is 9.70. The summed E-state index contributed by atoms with van der Waals surface area (Å²) in [4.78, 5) is 2.89. The summed E-state index contributed by atoms with van der Waals surface area (Å²) < 4.78 is 40.6. The third-order valence-corrected chi connectivity index (χ3v) is 3.95. The van der Waals surface area contributed by atoms with Crippen molar-refractivity contribution < 1.29 is 13.2 Å². The molecule has 0 fully saturated rings. The Hall–Kier alpha value is -1.30. The lowest BCUT2D eigenvalue weighted by Gasteiger charge is -2.16. The molecular formula is C15H19F3N2S. The summed E-state index contributed by atoms with van der Waals surface area (Å²) in [5.41, 5.74) is 0.503. The number of imidazole rings is 1. The van der Waals surface area contributed by atoms with Crippen molar-refractivity contribution in [3.05, 3.63) is 28.5 Å². The fourth-order valence-electron chi connectivity index (χ4n) is 2.45. The van der Waals surface area contributed by atoms with E-state index in [0.29, 0.717) is 16.2 Å². The number of halogens is 3. The van der Waals surface area contributed by atoms with Crippen molar-refractivity contribution in [2.24, 2.45) is 5.92 Å². The lowest BCUT2D eigenvalue weighted by atomic mass is 10.0. The van der Waals surface area contributed by atoms with Crippen LogP contribution in [-0.2, 0) is 6.18 Å². The predicted molar refractivity (Wildman–Crippen MR) is 80.9 cm³/mol. The molecule has 1 N–H and O–H groups in total. The van der Waals surface area contributed by atoms with Crippen molar-refractivity contribution in [1.82, 2.24) is 9.55 Å². The second-order valence-corrected chi connectivity index (χ2v) is 6.24. The average Bonchev–Trinajstić information content (AvgIpc) is 2.69. The number of hydrogen-bond donors (Lipinski definition) is 1. The molecule has 21 heavy (non-hydrogen) atoms. The van der Waals surface area contributed by atoms with E-state index < -0.39 is 11.7 Å². The Bertz CT molecular complexity index is 682. The molecule has 1 aromatic heterocycles. The van der Waals surface area contributed by atoms with E-state index in [0.717, 1.165) is 30.5 Å². The topological polar surface area (TPSA) is 20.7 Å². The third kappa shape index (κ3) is 3.48. The van der Waals surface area contributed by atoms with Gasteiger partial charge in [-0.2, -0.15) is 13.2 Å². The molecule has 0 bridgehead atoms. The van der Waals surface area contributed by atoms with Gasteiger partial charge in [0.15, 0.2) is 4.77 Å². The van der Waals surface area contributed by atoms with Gasteiger partial charge in [0.2, 0.25) is 0 Å². The van der Waals surface area contributed by atoms with Crippen LogP contribution in [0.4, 0.5) is 13.2 Å². The van der Waals surface area contributed by atoms with Crippen LogP contribution in [0.1, 0.15) is 45.2 Å². The van der Waals surface area contributed by atoms with Gasteiger partial charge in [-0.25, -0.2) is 0 Å². The molecule has 1 unspecified atom stereocenters. The summed E-state index contributed by atoms with van der Waals surface area (Å²) in [6, 6.07) is 3.88. The van der Waals surface area contributed by atoms with E-state index in [9.17, 15) is 13.2 Å². The first kappa shape index (κ1) is 16.1. The molecule has 0 spiro atoms. The Labute approximate surface area is 127 Å². The van der Waals surface area contributed by atoms with E-state index in [1.165, 1.54) is 6.07 Å². The smallest absolute Gasteiger partial charge is 0.331 e. The lowest BCUT2D eigenvalue weighted by molar-refractivity contribution is -0.137. The van der Waals surface area contributed by atoms with Crippen LogP contribution in [0.2, 0.25) is 0 Å². The number of benzene rings is 1. The summed E-state index contributed by atoms with van der Waals surface area (Å²) in [6.07, 6.45) is -2.34. The largest absolute Gasteiger partial charge is 0.416 e. The molecule has 0 aliphatic heterocycles. The van der Waals surface area contributed by atoms with Crippen molar-refractivity contribution in [3.63, 3.8) is 0 Å². The molecule has 0 amide bonds. The second kappa shape index (κ2) is 5.83. The average molecular weight is 316 g/mol. The molecule has 6 heteroatoms. The summed E-state index contributed by atoms with van der Waals surface area (Å²) >= 11 is 5.27. The first-order valence-electron chi connectivity index (χ1n) is 7.01. The molecule has 0 aliphatic carbocycles. The van der Waals surface area contributed by atoms with Crippen LogP contribution in [0.25, 0.3) is 11.0 Å². The number of aromatic amines is 1. The van der Waals surface area contributed by atoms with E-state index >= 15 is 0 Å². The molecule has 1 atom stereocenters. The Balaban J connectivity index is 2.42. The highest BCUT2D eigenvalue weighted by Gasteiger charge is 2.30. The highest BCUT2D eigenvalue weighted by atomic mass is 32.1. The summed E-state index contributed by atoms with van der Waals surface area (Å²) in [6.45, 7) is 6.34. The van der Waals surface area contributed by atoms with Crippen LogP contribution in [0, 0.1) is 10.7 Å². The second-order valence-electron chi connectivity index (χ2n) is 5.85. The zero-order valence-corrected chi connectivity index (χ0v) is 13.1. The minimum atomic E-state index is -4.34. The normalized spacial score (nSPS) is 14.0. The molecule has 0 saturated heterocycles. The molecule has 0 radical (unpaired) electrons. The molecule has 1 heterocycles. The molecule has 1 aromatic carbocycles.